The molecule has 2 aromatic carbocycles. The van der Waals surface area contributed by atoms with Gasteiger partial charge in [0.1, 0.15) is 29.9 Å². The number of aliphatic hydroxyl groups is 1. The number of amides is 1. The lowest BCUT2D eigenvalue weighted by Gasteiger charge is -2.31. The highest BCUT2D eigenvalue weighted by Gasteiger charge is 2.37. The van der Waals surface area contributed by atoms with Crippen LogP contribution in [-0.2, 0) is 12.1 Å². The molecule has 31 heavy (non-hydrogen) atoms. The summed E-state index contributed by atoms with van der Waals surface area (Å²) in [5.41, 5.74) is 8.54. The van der Waals surface area contributed by atoms with Crippen LogP contribution in [-0.4, -0.2) is 30.9 Å². The first-order chi connectivity index (χ1) is 14.7. The third-order valence-corrected chi connectivity index (χ3v) is 4.63. The second kappa shape index (κ2) is 8.98. The van der Waals surface area contributed by atoms with E-state index >= 15 is 0 Å². The minimum absolute atomic E-state index is 0.0992. The molecule has 0 aliphatic heterocycles. The van der Waals surface area contributed by atoms with E-state index in [1.54, 1.807) is 0 Å². The number of thiocarbonyl (C=S) groups is 1. The largest absolute Gasteiger partial charge is 0.378 e. The van der Waals surface area contributed by atoms with Crippen molar-refractivity contribution in [1.29, 1.82) is 0 Å². The first-order valence-electron chi connectivity index (χ1n) is 8.86. The third-order valence-electron chi connectivity index (χ3n) is 4.53. The number of carbonyl (C=O) groups excluding carboxylic acids is 1. The van der Waals surface area contributed by atoms with E-state index < -0.39 is 23.1 Å². The summed E-state index contributed by atoms with van der Waals surface area (Å²) in [6.07, 6.45) is 2.61. The lowest BCUT2D eigenvalue weighted by atomic mass is 9.82. The van der Waals surface area contributed by atoms with Gasteiger partial charge in [0.25, 0.3) is 5.91 Å². The molecule has 0 radical (unpaired) electrons. The summed E-state index contributed by atoms with van der Waals surface area (Å²) in [5, 5.41) is 15.4. The summed E-state index contributed by atoms with van der Waals surface area (Å²) in [7, 11) is 0. The van der Waals surface area contributed by atoms with Gasteiger partial charge < -0.3 is 10.8 Å². The molecule has 0 saturated heterocycles. The number of nitrogens with one attached hydrogen (secondary N) is 2. The molecular formula is C20H18F2N6O2S. The summed E-state index contributed by atoms with van der Waals surface area (Å²) < 4.78 is 29.3. The molecule has 3 aromatic rings. The average molecular weight is 444 g/mol. The molecule has 11 heteroatoms. The van der Waals surface area contributed by atoms with Gasteiger partial charge >= 0.3 is 0 Å². The average Bonchev–Trinajstić information content (AvgIpc) is 3.24. The van der Waals surface area contributed by atoms with Gasteiger partial charge in [-0.2, -0.15) is 5.10 Å². The van der Waals surface area contributed by atoms with Crippen LogP contribution in [0.4, 0.5) is 8.78 Å². The smallest absolute Gasteiger partial charge is 0.269 e. The molecule has 1 atom stereocenters. The first kappa shape index (κ1) is 22.0. The number of aromatic nitrogens is 3. The number of benzene rings is 2. The number of hydrazine groups is 1. The number of nitrogens with zero attached hydrogens (tertiary/aromatic N) is 3. The maximum Gasteiger partial charge on any atom is 0.269 e. The van der Waals surface area contributed by atoms with E-state index in [1.165, 1.54) is 41.6 Å². The molecule has 1 amide bonds. The highest BCUT2D eigenvalue weighted by molar-refractivity contribution is 7.80. The van der Waals surface area contributed by atoms with Gasteiger partial charge in [0.15, 0.2) is 5.11 Å². The molecule has 160 valence electrons. The Hall–Kier alpha value is -3.70. The predicted molar refractivity (Wildman–Crippen MR) is 113 cm³/mol. The number of carbonyl (C=O) groups is 1. The Labute approximate surface area is 181 Å². The molecule has 8 nitrogen and oxygen atoms in total. The molecule has 1 aromatic heterocycles. The van der Waals surface area contributed by atoms with Gasteiger partial charge in [-0.25, -0.2) is 18.4 Å². The molecule has 5 N–H and O–H groups in total. The normalized spacial score (nSPS) is 12.6. The van der Waals surface area contributed by atoms with Gasteiger partial charge in [-0.15, -0.1) is 0 Å². The number of nitrogens with two attached hydrogens (primary N) is 1. The van der Waals surface area contributed by atoms with E-state index in [-0.39, 0.29) is 28.4 Å². The molecule has 0 aliphatic carbocycles. The molecule has 1 heterocycles. The number of hydrogen-bond acceptors (Lipinski definition) is 5. The molecule has 1 unspecified atom stereocenters. The van der Waals surface area contributed by atoms with E-state index in [0.29, 0.717) is 11.6 Å². The van der Waals surface area contributed by atoms with Crippen molar-refractivity contribution < 1.29 is 18.7 Å². The van der Waals surface area contributed by atoms with Crippen LogP contribution in [0.15, 0.2) is 61.7 Å². The van der Waals surface area contributed by atoms with E-state index in [4.69, 9.17) is 5.73 Å². The Morgan fingerprint density at radius 1 is 1.19 bits per heavy atom. The standard InChI is InChI=1S/C20H18F2N6O2S/c1-12(13-2-4-14(5-3-13)18(29)26-27-19(23)31)20(30,9-28-11-24-10-25-28)16-7-6-15(21)8-17(16)22/h2-8,10-11,30H,1,9H2,(H,26,29)(H3,23,27,31). The molecule has 0 aliphatic rings. The van der Waals surface area contributed by atoms with Crippen molar-refractivity contribution in [2.75, 3.05) is 0 Å². The van der Waals surface area contributed by atoms with Crippen LogP contribution < -0.4 is 16.6 Å². The number of halogens is 2. The Bertz CT molecular complexity index is 1120. The second-order valence-corrected chi connectivity index (χ2v) is 7.02. The second-order valence-electron chi connectivity index (χ2n) is 6.58. The van der Waals surface area contributed by atoms with E-state index in [1.807, 2.05) is 0 Å². The summed E-state index contributed by atoms with van der Waals surface area (Å²) in [6, 6.07) is 8.90. The van der Waals surface area contributed by atoms with Gasteiger partial charge in [-0.05, 0) is 47.6 Å². The van der Waals surface area contributed by atoms with Crippen LogP contribution in [0.5, 0.6) is 0 Å². The highest BCUT2D eigenvalue weighted by Crippen LogP contribution is 2.38. The van der Waals surface area contributed by atoms with Gasteiger partial charge in [0, 0.05) is 17.2 Å². The molecule has 0 fully saturated rings. The van der Waals surface area contributed by atoms with Gasteiger partial charge in [-0.1, -0.05) is 18.7 Å². The van der Waals surface area contributed by atoms with E-state index in [2.05, 4.69) is 39.7 Å². The zero-order valence-corrected chi connectivity index (χ0v) is 16.9. The maximum atomic E-state index is 14.6. The summed E-state index contributed by atoms with van der Waals surface area (Å²) in [6.45, 7) is 3.71. The molecular weight excluding hydrogens is 426 g/mol. The van der Waals surface area contributed by atoms with Crippen LogP contribution >= 0.6 is 12.2 Å². The Kier molecular flexibility index (Phi) is 6.37. The number of hydrogen-bond donors (Lipinski definition) is 4. The van der Waals surface area contributed by atoms with Crippen molar-refractivity contribution in [3.05, 3.63) is 90.0 Å². The van der Waals surface area contributed by atoms with Crippen molar-refractivity contribution >= 4 is 28.8 Å². The maximum absolute atomic E-state index is 14.6. The predicted octanol–water partition coefficient (Wildman–Crippen LogP) is 1.64. The van der Waals surface area contributed by atoms with Crippen molar-refractivity contribution in [3.8, 4) is 0 Å². The minimum Gasteiger partial charge on any atom is -0.378 e. The van der Waals surface area contributed by atoms with Crippen LogP contribution in [0.25, 0.3) is 5.57 Å². The molecule has 3 rings (SSSR count). The topological polar surface area (TPSA) is 118 Å². The monoisotopic (exact) mass is 444 g/mol. The molecule has 0 bridgehead atoms. The van der Waals surface area contributed by atoms with Crippen molar-refractivity contribution in [1.82, 2.24) is 25.6 Å². The fourth-order valence-electron chi connectivity index (χ4n) is 2.97. The Morgan fingerprint density at radius 3 is 2.45 bits per heavy atom. The third kappa shape index (κ3) is 4.90. The van der Waals surface area contributed by atoms with Crippen molar-refractivity contribution in [2.24, 2.45) is 5.73 Å². The van der Waals surface area contributed by atoms with Gasteiger partial charge in [-0.3, -0.25) is 15.6 Å². The van der Waals surface area contributed by atoms with Crippen molar-refractivity contribution in [3.63, 3.8) is 0 Å². The number of rotatable bonds is 6. The summed E-state index contributed by atoms with van der Waals surface area (Å²) >= 11 is 4.62. The Morgan fingerprint density at radius 2 is 1.87 bits per heavy atom. The van der Waals surface area contributed by atoms with E-state index in [0.717, 1.165) is 12.1 Å². The SMILES string of the molecule is C=C(c1ccc(C(=O)NNC(N)=S)cc1)C(O)(Cn1cncn1)c1ccc(F)cc1F. The zero-order valence-electron chi connectivity index (χ0n) is 16.0. The molecule has 0 saturated carbocycles. The van der Waals surface area contributed by atoms with Gasteiger partial charge in [0.2, 0.25) is 0 Å². The summed E-state index contributed by atoms with van der Waals surface area (Å²) in [5.74, 6) is -2.22. The quantitative estimate of drug-likeness (QED) is 0.337. The summed E-state index contributed by atoms with van der Waals surface area (Å²) in [4.78, 5) is 15.9. The zero-order chi connectivity index (χ0) is 22.6. The lowest BCUT2D eigenvalue weighted by Crippen LogP contribution is -2.44. The van der Waals surface area contributed by atoms with Gasteiger partial charge in [0.05, 0.1) is 6.54 Å². The first-order valence-corrected chi connectivity index (χ1v) is 9.27. The minimum atomic E-state index is -1.98. The fraction of sp³-hybridized carbons (Fsp3) is 0.100. The lowest BCUT2D eigenvalue weighted by molar-refractivity contribution is 0.0726. The van der Waals surface area contributed by atoms with Crippen molar-refractivity contribution in [2.45, 2.75) is 12.1 Å². The fourth-order valence-corrected chi connectivity index (χ4v) is 3.02. The highest BCUT2D eigenvalue weighted by atomic mass is 32.1. The Balaban J connectivity index is 1.95. The van der Waals surface area contributed by atoms with Crippen LogP contribution in [0, 0.1) is 11.6 Å². The van der Waals surface area contributed by atoms with Crippen LogP contribution in [0.2, 0.25) is 0 Å². The van der Waals surface area contributed by atoms with E-state index in [9.17, 15) is 18.7 Å². The van der Waals surface area contributed by atoms with Crippen LogP contribution in [0.1, 0.15) is 21.5 Å². The van der Waals surface area contributed by atoms with Crippen LogP contribution in [0.3, 0.4) is 0 Å². The molecule has 0 spiro atoms.